The quantitative estimate of drug-likeness (QED) is 0.142. The number of nitrogens with zero attached hydrogens (tertiary/aromatic N) is 3. The first kappa shape index (κ1) is 36.0. The summed E-state index contributed by atoms with van der Waals surface area (Å²) in [6.07, 6.45) is 0. The van der Waals surface area contributed by atoms with E-state index in [1.165, 1.54) is 22.3 Å². The SMILES string of the molecule is Cc1ccc(N(c2ccc(C)cc2)c2ccc(N(c3ccc(-c4ccc(N)cc4)cc3)c3ccc(N(c4ccc(C)cc4)c4ccc(C)cc4)cc3)cc2)cc1. The molecule has 8 aromatic carbocycles. The first-order chi connectivity index (χ1) is 27.3. The smallest absolute Gasteiger partial charge is 0.0463 e. The lowest BCUT2D eigenvalue weighted by atomic mass is 10.0. The van der Waals surface area contributed by atoms with Crippen LogP contribution in [-0.2, 0) is 0 Å². The van der Waals surface area contributed by atoms with Crippen molar-refractivity contribution in [2.75, 3.05) is 20.4 Å². The highest BCUT2D eigenvalue weighted by Gasteiger charge is 2.18. The van der Waals surface area contributed by atoms with Gasteiger partial charge in [-0.3, -0.25) is 0 Å². The number of benzene rings is 8. The first-order valence-electron chi connectivity index (χ1n) is 19.1. The average molecular weight is 727 g/mol. The zero-order chi connectivity index (χ0) is 38.6. The lowest BCUT2D eigenvalue weighted by molar-refractivity contribution is 1.24. The van der Waals surface area contributed by atoms with Gasteiger partial charge < -0.3 is 20.4 Å². The van der Waals surface area contributed by atoms with Gasteiger partial charge in [0.05, 0.1) is 0 Å². The van der Waals surface area contributed by atoms with Crippen LogP contribution in [0, 0.1) is 27.7 Å². The molecule has 4 heteroatoms. The van der Waals surface area contributed by atoms with Gasteiger partial charge in [-0.1, -0.05) is 95.1 Å². The van der Waals surface area contributed by atoms with E-state index in [1.807, 2.05) is 12.1 Å². The fourth-order valence-electron chi connectivity index (χ4n) is 7.10. The van der Waals surface area contributed by atoms with Crippen LogP contribution in [0.25, 0.3) is 11.1 Å². The molecule has 274 valence electrons. The second-order valence-corrected chi connectivity index (χ2v) is 14.6. The highest BCUT2D eigenvalue weighted by Crippen LogP contribution is 2.42. The van der Waals surface area contributed by atoms with Gasteiger partial charge in [-0.25, -0.2) is 0 Å². The van der Waals surface area contributed by atoms with Gasteiger partial charge in [0.15, 0.2) is 0 Å². The molecular formula is C52H46N4. The second kappa shape index (κ2) is 15.7. The molecule has 0 amide bonds. The predicted octanol–water partition coefficient (Wildman–Crippen LogP) is 14.6. The van der Waals surface area contributed by atoms with Crippen molar-refractivity contribution in [1.29, 1.82) is 0 Å². The summed E-state index contributed by atoms with van der Waals surface area (Å²) >= 11 is 0. The van der Waals surface area contributed by atoms with Crippen LogP contribution in [0.4, 0.5) is 56.9 Å². The van der Waals surface area contributed by atoms with E-state index in [-0.39, 0.29) is 0 Å². The molecule has 0 radical (unpaired) electrons. The lowest BCUT2D eigenvalue weighted by Crippen LogP contribution is -2.13. The molecule has 2 N–H and O–H groups in total. The Labute approximate surface area is 331 Å². The van der Waals surface area contributed by atoms with Crippen LogP contribution in [0.15, 0.2) is 194 Å². The van der Waals surface area contributed by atoms with Crippen LogP contribution in [0.5, 0.6) is 0 Å². The van der Waals surface area contributed by atoms with Crippen molar-refractivity contribution >= 4 is 56.9 Å². The van der Waals surface area contributed by atoms with Gasteiger partial charge in [-0.15, -0.1) is 0 Å². The van der Waals surface area contributed by atoms with Crippen LogP contribution in [0.3, 0.4) is 0 Å². The summed E-state index contributed by atoms with van der Waals surface area (Å²) in [4.78, 5) is 6.95. The van der Waals surface area contributed by atoms with Gasteiger partial charge in [-0.2, -0.15) is 0 Å². The van der Waals surface area contributed by atoms with E-state index in [1.54, 1.807) is 0 Å². The van der Waals surface area contributed by atoms with Crippen molar-refractivity contribution in [3.8, 4) is 11.1 Å². The highest BCUT2D eigenvalue weighted by atomic mass is 15.2. The standard InChI is InChI=1S/C52H46N4/c1-37-5-19-44(20-6-37)54(45-21-7-38(2)8-22-45)49-29-33-51(34-30-49)56(48-27-15-42(16-28-48)41-13-17-43(53)18-14-41)52-35-31-50(32-36-52)55(46-23-9-39(3)10-24-46)47-25-11-40(4)12-26-47/h5-36H,53H2,1-4H3. The van der Waals surface area contributed by atoms with Gasteiger partial charge in [0.1, 0.15) is 0 Å². The van der Waals surface area contributed by atoms with E-state index < -0.39 is 0 Å². The summed E-state index contributed by atoms with van der Waals surface area (Å²) in [7, 11) is 0. The number of hydrogen-bond acceptors (Lipinski definition) is 4. The Kier molecular flexibility index (Phi) is 10.1. The van der Waals surface area contributed by atoms with E-state index in [4.69, 9.17) is 5.73 Å². The summed E-state index contributed by atoms with van der Waals surface area (Å²) in [5.41, 5.74) is 23.8. The molecule has 0 aliphatic rings. The van der Waals surface area contributed by atoms with Gasteiger partial charge in [-0.05, 0) is 160 Å². The van der Waals surface area contributed by atoms with Gasteiger partial charge >= 0.3 is 0 Å². The molecule has 4 nitrogen and oxygen atoms in total. The number of nitrogens with two attached hydrogens (primary N) is 1. The number of anilines is 10. The maximum atomic E-state index is 6.00. The Bertz CT molecular complexity index is 2280. The van der Waals surface area contributed by atoms with Crippen molar-refractivity contribution in [3.63, 3.8) is 0 Å². The summed E-state index contributed by atoms with van der Waals surface area (Å²) in [6.45, 7) is 8.50. The molecule has 8 rings (SSSR count). The van der Waals surface area contributed by atoms with Crippen molar-refractivity contribution in [3.05, 3.63) is 216 Å². The zero-order valence-corrected chi connectivity index (χ0v) is 32.4. The molecule has 0 unspecified atom stereocenters. The number of hydrogen-bond donors (Lipinski definition) is 1. The maximum Gasteiger partial charge on any atom is 0.0463 e. The van der Waals surface area contributed by atoms with E-state index >= 15 is 0 Å². The summed E-state index contributed by atoms with van der Waals surface area (Å²) in [5.74, 6) is 0. The summed E-state index contributed by atoms with van der Waals surface area (Å²) < 4.78 is 0. The molecular weight excluding hydrogens is 681 g/mol. The zero-order valence-electron chi connectivity index (χ0n) is 32.4. The third-order valence-electron chi connectivity index (χ3n) is 10.3. The fourth-order valence-corrected chi connectivity index (χ4v) is 7.10. The Morgan fingerprint density at radius 1 is 0.232 bits per heavy atom. The largest absolute Gasteiger partial charge is 0.399 e. The molecule has 0 fully saturated rings. The van der Waals surface area contributed by atoms with Crippen molar-refractivity contribution in [2.24, 2.45) is 0 Å². The van der Waals surface area contributed by atoms with Crippen LogP contribution < -0.4 is 20.4 Å². The molecule has 0 aliphatic heterocycles. The Hall–Kier alpha value is -7.04. The minimum absolute atomic E-state index is 0.759. The minimum atomic E-state index is 0.759. The number of aryl methyl sites for hydroxylation is 4. The second-order valence-electron chi connectivity index (χ2n) is 14.6. The first-order valence-corrected chi connectivity index (χ1v) is 19.1. The molecule has 0 heterocycles. The predicted molar refractivity (Wildman–Crippen MR) is 239 cm³/mol. The molecule has 0 bridgehead atoms. The van der Waals surface area contributed by atoms with Crippen molar-refractivity contribution in [1.82, 2.24) is 0 Å². The lowest BCUT2D eigenvalue weighted by Gasteiger charge is -2.29. The molecule has 0 aromatic heterocycles. The van der Waals surface area contributed by atoms with E-state index in [9.17, 15) is 0 Å². The van der Waals surface area contributed by atoms with Gasteiger partial charge in [0.25, 0.3) is 0 Å². The number of nitrogen functional groups attached to an aromatic ring is 1. The Morgan fingerprint density at radius 3 is 0.607 bits per heavy atom. The molecule has 0 atom stereocenters. The van der Waals surface area contributed by atoms with E-state index in [2.05, 4.69) is 224 Å². The van der Waals surface area contributed by atoms with Crippen molar-refractivity contribution in [2.45, 2.75) is 27.7 Å². The molecule has 0 saturated carbocycles. The van der Waals surface area contributed by atoms with Crippen LogP contribution >= 0.6 is 0 Å². The summed E-state index contributed by atoms with van der Waals surface area (Å²) in [5, 5.41) is 0. The fraction of sp³-hybridized carbons (Fsp3) is 0.0769. The van der Waals surface area contributed by atoms with Crippen LogP contribution in [0.2, 0.25) is 0 Å². The molecule has 8 aromatic rings. The molecule has 0 spiro atoms. The Morgan fingerprint density at radius 2 is 0.393 bits per heavy atom. The number of rotatable bonds is 10. The Balaban J connectivity index is 1.20. The third-order valence-corrected chi connectivity index (χ3v) is 10.3. The van der Waals surface area contributed by atoms with Gasteiger partial charge in [0.2, 0.25) is 0 Å². The highest BCUT2D eigenvalue weighted by molar-refractivity contribution is 5.84. The van der Waals surface area contributed by atoms with Crippen molar-refractivity contribution < 1.29 is 0 Å². The van der Waals surface area contributed by atoms with Crippen LogP contribution in [-0.4, -0.2) is 0 Å². The third kappa shape index (κ3) is 7.77. The van der Waals surface area contributed by atoms with E-state index in [0.717, 1.165) is 68.0 Å². The monoisotopic (exact) mass is 726 g/mol. The summed E-state index contributed by atoms with van der Waals surface area (Å²) in [6, 6.07) is 69.4. The topological polar surface area (TPSA) is 35.7 Å². The van der Waals surface area contributed by atoms with Gasteiger partial charge in [0, 0.05) is 56.9 Å². The molecule has 56 heavy (non-hydrogen) atoms. The molecule has 0 saturated heterocycles. The van der Waals surface area contributed by atoms with E-state index in [0.29, 0.717) is 0 Å². The average Bonchev–Trinajstić information content (AvgIpc) is 3.23. The minimum Gasteiger partial charge on any atom is -0.399 e. The maximum absolute atomic E-state index is 6.00. The normalized spacial score (nSPS) is 10.9. The van der Waals surface area contributed by atoms with Crippen LogP contribution in [0.1, 0.15) is 22.3 Å². The molecule has 0 aliphatic carbocycles.